The van der Waals surface area contributed by atoms with Gasteiger partial charge >= 0.3 is 6.03 Å². The third kappa shape index (κ3) is 7.26. The molecule has 252 valence electrons. The van der Waals surface area contributed by atoms with E-state index in [4.69, 9.17) is 5.73 Å². The van der Waals surface area contributed by atoms with Crippen molar-refractivity contribution in [3.05, 3.63) is 35.9 Å². The number of Topliss-reactive ketones (excluding diaryl/α,β-unsaturated/α-hetero) is 1. The molecule has 1 aromatic rings. The molecular weight excluding hydrogens is 582 g/mol. The zero-order chi connectivity index (χ0) is 33.6. The second-order valence-electron chi connectivity index (χ2n) is 16.4. The molecule has 0 spiro atoms. The van der Waals surface area contributed by atoms with Crippen LogP contribution >= 0.6 is 0 Å². The Morgan fingerprint density at radius 3 is 2.28 bits per heavy atom. The van der Waals surface area contributed by atoms with E-state index in [1.54, 1.807) is 4.90 Å². The number of urea groups is 1. The van der Waals surface area contributed by atoms with Gasteiger partial charge in [0.2, 0.25) is 17.6 Å². The summed E-state index contributed by atoms with van der Waals surface area (Å²) < 4.78 is 0. The van der Waals surface area contributed by atoms with Gasteiger partial charge in [0.15, 0.2) is 0 Å². The molecule has 5 N–H and O–H groups in total. The lowest BCUT2D eigenvalue weighted by molar-refractivity contribution is -0.145. The number of fused-ring (bicyclic) bond motifs is 1. The first-order valence-corrected chi connectivity index (χ1v) is 17.1. The maximum atomic E-state index is 14.4. The number of nitrogens with zero attached hydrogens (tertiary/aromatic N) is 1. The zero-order valence-electron chi connectivity index (χ0n) is 28.4. The molecular formula is C36H53N5O5. The fourth-order valence-corrected chi connectivity index (χ4v) is 8.35. The predicted octanol–water partition coefficient (Wildman–Crippen LogP) is 3.71. The summed E-state index contributed by atoms with van der Waals surface area (Å²) in [6.45, 7) is 12.5. The summed E-state index contributed by atoms with van der Waals surface area (Å²) in [6.07, 6.45) is 6.79. The monoisotopic (exact) mass is 635 g/mol. The molecule has 1 aromatic carbocycles. The van der Waals surface area contributed by atoms with Gasteiger partial charge in [-0.2, -0.15) is 0 Å². The van der Waals surface area contributed by atoms with Crippen LogP contribution in [-0.4, -0.2) is 64.6 Å². The van der Waals surface area contributed by atoms with E-state index in [1.807, 2.05) is 39.0 Å². The number of ketones is 1. The Hall–Kier alpha value is -3.43. The topological polar surface area (TPSA) is 151 Å². The van der Waals surface area contributed by atoms with Crippen molar-refractivity contribution in [2.75, 3.05) is 6.54 Å². The third-order valence-corrected chi connectivity index (χ3v) is 11.1. The Balaban J connectivity index is 1.34. The number of primary amides is 1. The Labute approximate surface area is 273 Å². The maximum Gasteiger partial charge on any atom is 0.315 e. The molecule has 3 saturated carbocycles. The lowest BCUT2D eigenvalue weighted by Crippen LogP contribution is -2.63. The molecule has 7 atom stereocenters. The van der Waals surface area contributed by atoms with Crippen LogP contribution < -0.4 is 21.7 Å². The number of hydrogen-bond donors (Lipinski definition) is 4. The molecule has 46 heavy (non-hydrogen) atoms. The predicted molar refractivity (Wildman–Crippen MR) is 175 cm³/mol. The van der Waals surface area contributed by atoms with Crippen molar-refractivity contribution in [1.29, 1.82) is 0 Å². The fraction of sp³-hybridized carbons (Fsp3) is 0.694. The molecule has 4 aliphatic rings. The first-order valence-electron chi connectivity index (χ1n) is 17.1. The number of likely N-dealkylation sites (tertiary alicyclic amines) is 1. The van der Waals surface area contributed by atoms with E-state index in [-0.39, 0.29) is 35.1 Å². The average molecular weight is 636 g/mol. The van der Waals surface area contributed by atoms with Gasteiger partial charge < -0.3 is 26.6 Å². The second kappa shape index (κ2) is 12.6. The number of nitrogens with one attached hydrogen (secondary N) is 3. The fourth-order valence-electron chi connectivity index (χ4n) is 8.35. The average Bonchev–Trinajstić information content (AvgIpc) is 3.82. The standard InChI is InChI=1S/C36H53N5O5/c1-21-11-10-16-36(18-21,19-23-12-8-7-9-13-23)40-33(46)39-29(34(2,3)4)32(45)41-20-24-26(35(24,5)6)27(41)31(44)38-25(17-22-14-15-22)28(42)30(37)43/h7-9,12-13,21-22,24-27,29H,10-11,14-20H2,1-6H3,(H2,37,43)(H,38,44)(H2,39,40,46)/t21?,24-,25?,26-,27-,29+,36?/m0/s1. The lowest BCUT2D eigenvalue weighted by Gasteiger charge is -2.42. The molecule has 1 heterocycles. The van der Waals surface area contributed by atoms with Crippen LogP contribution in [0.5, 0.6) is 0 Å². The molecule has 0 bridgehead atoms. The number of amides is 5. The minimum absolute atomic E-state index is 0.0889. The third-order valence-electron chi connectivity index (χ3n) is 11.1. The highest BCUT2D eigenvalue weighted by molar-refractivity contribution is 6.37. The zero-order valence-corrected chi connectivity index (χ0v) is 28.4. The van der Waals surface area contributed by atoms with Crippen LogP contribution in [0.15, 0.2) is 30.3 Å². The highest BCUT2D eigenvalue weighted by Crippen LogP contribution is 2.65. The number of piperidine rings is 1. The first kappa shape index (κ1) is 33.9. The maximum absolute atomic E-state index is 14.4. The van der Waals surface area contributed by atoms with E-state index in [0.29, 0.717) is 25.3 Å². The molecule has 4 fully saturated rings. The summed E-state index contributed by atoms with van der Waals surface area (Å²) in [7, 11) is 0. The molecule has 1 aliphatic heterocycles. The van der Waals surface area contributed by atoms with Gasteiger partial charge in [0.1, 0.15) is 12.1 Å². The SMILES string of the molecule is CC1CCCC(Cc2ccccc2)(NC(=O)N[C@H](C(=O)N2C[C@H]3[C@@H]([C@H]2C(=O)NC(CC2CC2)C(=O)C(N)=O)C3(C)C)C(C)(C)C)C1. The van der Waals surface area contributed by atoms with Gasteiger partial charge in [-0.15, -0.1) is 0 Å². The molecule has 0 radical (unpaired) electrons. The van der Waals surface area contributed by atoms with E-state index in [2.05, 4.69) is 48.9 Å². The van der Waals surface area contributed by atoms with E-state index < -0.39 is 46.7 Å². The minimum Gasteiger partial charge on any atom is -0.363 e. The van der Waals surface area contributed by atoms with Crippen molar-refractivity contribution in [3.63, 3.8) is 0 Å². The number of nitrogens with two attached hydrogens (primary N) is 1. The van der Waals surface area contributed by atoms with Crippen molar-refractivity contribution < 1.29 is 24.0 Å². The quantitative estimate of drug-likeness (QED) is 0.274. The number of benzene rings is 1. The summed E-state index contributed by atoms with van der Waals surface area (Å²) in [6, 6.07) is 7.07. The van der Waals surface area contributed by atoms with Crippen LogP contribution in [-0.2, 0) is 25.6 Å². The Kier molecular flexibility index (Phi) is 9.32. The molecule has 5 amide bonds. The van der Waals surface area contributed by atoms with Crippen LogP contribution in [0.4, 0.5) is 4.79 Å². The smallest absolute Gasteiger partial charge is 0.315 e. The molecule has 3 unspecified atom stereocenters. The van der Waals surface area contributed by atoms with Crippen molar-refractivity contribution in [1.82, 2.24) is 20.9 Å². The van der Waals surface area contributed by atoms with Gasteiger partial charge in [-0.1, -0.05) is 97.6 Å². The van der Waals surface area contributed by atoms with Crippen molar-refractivity contribution in [2.24, 2.45) is 40.2 Å². The van der Waals surface area contributed by atoms with E-state index >= 15 is 0 Å². The van der Waals surface area contributed by atoms with Gasteiger partial charge in [-0.25, -0.2) is 4.79 Å². The summed E-state index contributed by atoms with van der Waals surface area (Å²) >= 11 is 0. The molecule has 10 heteroatoms. The van der Waals surface area contributed by atoms with Crippen molar-refractivity contribution in [3.8, 4) is 0 Å². The Morgan fingerprint density at radius 1 is 1.02 bits per heavy atom. The van der Waals surface area contributed by atoms with E-state index in [0.717, 1.165) is 44.1 Å². The molecule has 0 aromatic heterocycles. The highest BCUT2D eigenvalue weighted by Gasteiger charge is 2.70. The van der Waals surface area contributed by atoms with Crippen molar-refractivity contribution >= 4 is 29.5 Å². The lowest BCUT2D eigenvalue weighted by atomic mass is 9.73. The molecule has 3 aliphatic carbocycles. The normalized spacial score (nSPS) is 29.6. The van der Waals surface area contributed by atoms with Crippen LogP contribution in [0.25, 0.3) is 0 Å². The van der Waals surface area contributed by atoms with Gasteiger partial charge in [0, 0.05) is 12.1 Å². The van der Waals surface area contributed by atoms with Crippen molar-refractivity contribution in [2.45, 2.75) is 117 Å². The van der Waals surface area contributed by atoms with Crippen LogP contribution in [0.2, 0.25) is 0 Å². The minimum atomic E-state index is -1.07. The summed E-state index contributed by atoms with van der Waals surface area (Å²) in [5.41, 5.74) is 5.25. The van der Waals surface area contributed by atoms with Gasteiger partial charge in [0.25, 0.3) is 5.91 Å². The number of rotatable bonds is 11. The second-order valence-corrected chi connectivity index (χ2v) is 16.4. The number of carbonyl (C=O) groups is 5. The Bertz CT molecular complexity index is 1350. The molecule has 10 nitrogen and oxygen atoms in total. The van der Waals surface area contributed by atoms with E-state index in [9.17, 15) is 24.0 Å². The molecule has 1 saturated heterocycles. The largest absolute Gasteiger partial charge is 0.363 e. The Morgan fingerprint density at radius 2 is 1.70 bits per heavy atom. The van der Waals surface area contributed by atoms with Crippen LogP contribution in [0, 0.1) is 34.5 Å². The highest BCUT2D eigenvalue weighted by atomic mass is 16.2. The molecule has 5 rings (SSSR count). The van der Waals surface area contributed by atoms with Crippen LogP contribution in [0.3, 0.4) is 0 Å². The number of carbonyl (C=O) groups excluding carboxylic acids is 5. The summed E-state index contributed by atoms with van der Waals surface area (Å²) in [5.74, 6) is -1.89. The number of hydrogen-bond acceptors (Lipinski definition) is 5. The van der Waals surface area contributed by atoms with E-state index in [1.165, 1.54) is 0 Å². The van der Waals surface area contributed by atoms with Gasteiger partial charge in [-0.05, 0) is 65.7 Å². The van der Waals surface area contributed by atoms with Gasteiger partial charge in [0.05, 0.1) is 6.04 Å². The van der Waals surface area contributed by atoms with Gasteiger partial charge in [-0.3, -0.25) is 19.2 Å². The van der Waals surface area contributed by atoms with Crippen LogP contribution in [0.1, 0.15) is 92.1 Å². The summed E-state index contributed by atoms with van der Waals surface area (Å²) in [4.78, 5) is 68.2. The summed E-state index contributed by atoms with van der Waals surface area (Å²) in [5, 5.41) is 9.17. The first-order chi connectivity index (χ1) is 21.5.